The van der Waals surface area contributed by atoms with Crippen molar-refractivity contribution in [2.75, 3.05) is 0 Å². The number of aromatic nitrogens is 1. The standard InChI is InChI=1S/C9H10F3NOS/c1-5-6(2)15-8(13-5)3-7(14)4-9(10,11)12/h3-4H2,1-2H3. The highest BCUT2D eigenvalue weighted by Crippen LogP contribution is 2.22. The van der Waals surface area contributed by atoms with Crippen LogP contribution in [0.1, 0.15) is 22.0 Å². The monoisotopic (exact) mass is 237 g/mol. The molecule has 1 aromatic rings. The lowest BCUT2D eigenvalue weighted by molar-refractivity contribution is -0.151. The first-order chi connectivity index (χ1) is 6.78. The third-order valence-corrected chi connectivity index (χ3v) is 2.89. The maximum atomic E-state index is 11.9. The third kappa shape index (κ3) is 3.99. The van der Waals surface area contributed by atoms with Crippen molar-refractivity contribution >= 4 is 17.1 Å². The third-order valence-electron chi connectivity index (χ3n) is 1.82. The molecule has 0 aromatic carbocycles. The van der Waals surface area contributed by atoms with Crippen molar-refractivity contribution in [2.24, 2.45) is 0 Å². The van der Waals surface area contributed by atoms with Crippen LogP contribution in [0.2, 0.25) is 0 Å². The van der Waals surface area contributed by atoms with E-state index in [9.17, 15) is 18.0 Å². The van der Waals surface area contributed by atoms with Gasteiger partial charge in [-0.3, -0.25) is 4.79 Å². The highest BCUT2D eigenvalue weighted by atomic mass is 32.1. The Morgan fingerprint density at radius 1 is 1.40 bits per heavy atom. The number of ketones is 1. The molecule has 84 valence electrons. The summed E-state index contributed by atoms with van der Waals surface area (Å²) in [5.74, 6) is -0.837. The average Bonchev–Trinajstić information content (AvgIpc) is 2.26. The first-order valence-corrected chi connectivity index (χ1v) is 5.11. The second-order valence-electron chi connectivity index (χ2n) is 3.26. The van der Waals surface area contributed by atoms with Gasteiger partial charge >= 0.3 is 6.18 Å². The molecule has 0 aliphatic heterocycles. The van der Waals surface area contributed by atoms with Crippen LogP contribution < -0.4 is 0 Å². The van der Waals surface area contributed by atoms with Crippen LogP contribution in [0.5, 0.6) is 0 Å². The van der Waals surface area contributed by atoms with Crippen LogP contribution >= 0.6 is 11.3 Å². The Morgan fingerprint density at radius 2 is 2.00 bits per heavy atom. The molecule has 0 aliphatic rings. The van der Waals surface area contributed by atoms with Crippen LogP contribution in [0.25, 0.3) is 0 Å². The Kier molecular flexibility index (Phi) is 3.49. The molecule has 0 spiro atoms. The Bertz CT molecular complexity index is 350. The van der Waals surface area contributed by atoms with E-state index in [-0.39, 0.29) is 6.42 Å². The van der Waals surface area contributed by atoms with Crippen LogP contribution in [0, 0.1) is 13.8 Å². The number of carbonyl (C=O) groups excluding carboxylic acids is 1. The molecule has 0 bridgehead atoms. The van der Waals surface area contributed by atoms with E-state index in [0.29, 0.717) is 5.01 Å². The molecule has 0 N–H and O–H groups in total. The quantitative estimate of drug-likeness (QED) is 0.809. The summed E-state index contributed by atoms with van der Waals surface area (Å²) in [6, 6.07) is 0. The van der Waals surface area contributed by atoms with Crippen LogP contribution in [-0.4, -0.2) is 16.9 Å². The molecule has 0 atom stereocenters. The van der Waals surface area contributed by atoms with Crippen molar-refractivity contribution in [3.8, 4) is 0 Å². The Hall–Kier alpha value is -0.910. The lowest BCUT2D eigenvalue weighted by Crippen LogP contribution is -2.16. The SMILES string of the molecule is Cc1nc(CC(=O)CC(F)(F)F)sc1C. The molecular weight excluding hydrogens is 227 g/mol. The minimum Gasteiger partial charge on any atom is -0.299 e. The Labute approximate surface area is 89.1 Å². The smallest absolute Gasteiger partial charge is 0.299 e. The number of rotatable bonds is 3. The average molecular weight is 237 g/mol. The molecule has 0 amide bonds. The van der Waals surface area contributed by atoms with E-state index >= 15 is 0 Å². The topological polar surface area (TPSA) is 30.0 Å². The van der Waals surface area contributed by atoms with E-state index in [1.807, 2.05) is 6.92 Å². The molecule has 0 radical (unpaired) electrons. The fraction of sp³-hybridized carbons (Fsp3) is 0.556. The lowest BCUT2D eigenvalue weighted by atomic mass is 10.2. The van der Waals surface area contributed by atoms with Gasteiger partial charge in [-0.2, -0.15) is 13.2 Å². The zero-order chi connectivity index (χ0) is 11.6. The molecular formula is C9H10F3NOS. The molecule has 0 saturated heterocycles. The molecule has 1 rings (SSSR count). The molecule has 1 aromatic heterocycles. The second kappa shape index (κ2) is 4.30. The van der Waals surface area contributed by atoms with E-state index in [0.717, 1.165) is 10.6 Å². The minimum absolute atomic E-state index is 0.223. The summed E-state index contributed by atoms with van der Waals surface area (Å²) in [5.41, 5.74) is 0.773. The minimum atomic E-state index is -4.42. The summed E-state index contributed by atoms with van der Waals surface area (Å²) in [6.07, 6.45) is -6.01. The molecule has 6 heteroatoms. The maximum Gasteiger partial charge on any atom is 0.395 e. The van der Waals surface area contributed by atoms with Gasteiger partial charge < -0.3 is 0 Å². The van der Waals surface area contributed by atoms with Gasteiger partial charge in [0.05, 0.1) is 12.1 Å². The fourth-order valence-corrected chi connectivity index (χ4v) is 2.03. The van der Waals surface area contributed by atoms with Gasteiger partial charge in [0.2, 0.25) is 0 Å². The number of alkyl halides is 3. The van der Waals surface area contributed by atoms with Crippen LogP contribution in [-0.2, 0) is 11.2 Å². The summed E-state index contributed by atoms with van der Waals surface area (Å²) < 4.78 is 35.6. The van der Waals surface area contributed by atoms with E-state index in [2.05, 4.69) is 4.98 Å². The molecule has 15 heavy (non-hydrogen) atoms. The van der Waals surface area contributed by atoms with Crippen LogP contribution in [0.4, 0.5) is 13.2 Å². The van der Waals surface area contributed by atoms with E-state index in [4.69, 9.17) is 0 Å². The highest BCUT2D eigenvalue weighted by Gasteiger charge is 2.31. The van der Waals surface area contributed by atoms with E-state index in [1.165, 1.54) is 11.3 Å². The van der Waals surface area contributed by atoms with Gasteiger partial charge in [0.1, 0.15) is 17.2 Å². The van der Waals surface area contributed by atoms with Gasteiger partial charge in [0.15, 0.2) is 0 Å². The Morgan fingerprint density at radius 3 is 2.40 bits per heavy atom. The summed E-state index contributed by atoms with van der Waals surface area (Å²) in [7, 11) is 0. The summed E-state index contributed by atoms with van der Waals surface area (Å²) >= 11 is 1.27. The highest BCUT2D eigenvalue weighted by molar-refractivity contribution is 7.11. The van der Waals surface area contributed by atoms with Gasteiger partial charge in [-0.15, -0.1) is 11.3 Å². The van der Waals surface area contributed by atoms with Crippen molar-refractivity contribution < 1.29 is 18.0 Å². The number of aryl methyl sites for hydroxylation is 2. The summed E-state index contributed by atoms with van der Waals surface area (Å²) in [6.45, 7) is 3.59. The normalized spacial score (nSPS) is 11.8. The summed E-state index contributed by atoms with van der Waals surface area (Å²) in [4.78, 5) is 15.9. The van der Waals surface area contributed by atoms with Gasteiger partial charge in [0.25, 0.3) is 0 Å². The van der Waals surface area contributed by atoms with Gasteiger partial charge in [-0.05, 0) is 13.8 Å². The van der Waals surface area contributed by atoms with Gasteiger partial charge in [-0.25, -0.2) is 4.98 Å². The van der Waals surface area contributed by atoms with Crippen LogP contribution in [0.3, 0.4) is 0 Å². The van der Waals surface area contributed by atoms with Gasteiger partial charge in [-0.1, -0.05) is 0 Å². The van der Waals surface area contributed by atoms with Crippen LogP contribution in [0.15, 0.2) is 0 Å². The van der Waals surface area contributed by atoms with E-state index in [1.54, 1.807) is 6.92 Å². The molecule has 0 fully saturated rings. The lowest BCUT2D eigenvalue weighted by Gasteiger charge is -2.03. The predicted molar refractivity (Wildman–Crippen MR) is 51.0 cm³/mol. The van der Waals surface area contributed by atoms with Gasteiger partial charge in [0, 0.05) is 4.88 Å². The largest absolute Gasteiger partial charge is 0.395 e. The molecule has 0 aliphatic carbocycles. The first kappa shape index (κ1) is 12.2. The van der Waals surface area contributed by atoms with Crippen molar-refractivity contribution in [1.29, 1.82) is 0 Å². The number of hydrogen-bond acceptors (Lipinski definition) is 3. The van der Waals surface area contributed by atoms with Crippen molar-refractivity contribution in [1.82, 2.24) is 4.98 Å². The van der Waals surface area contributed by atoms with Crippen molar-refractivity contribution in [3.05, 3.63) is 15.6 Å². The van der Waals surface area contributed by atoms with Crippen molar-refractivity contribution in [2.45, 2.75) is 32.9 Å². The number of hydrogen-bond donors (Lipinski definition) is 0. The zero-order valence-electron chi connectivity index (χ0n) is 8.31. The number of thiazole rings is 1. The van der Waals surface area contributed by atoms with E-state index < -0.39 is 18.4 Å². The number of halogens is 3. The number of carbonyl (C=O) groups is 1. The Balaban J connectivity index is 2.59. The molecule has 2 nitrogen and oxygen atoms in total. The number of nitrogens with zero attached hydrogens (tertiary/aromatic N) is 1. The fourth-order valence-electron chi connectivity index (χ4n) is 1.07. The predicted octanol–water partition coefficient (Wildman–Crippen LogP) is 2.82. The first-order valence-electron chi connectivity index (χ1n) is 4.29. The molecule has 1 heterocycles. The van der Waals surface area contributed by atoms with Crippen molar-refractivity contribution in [3.63, 3.8) is 0 Å². The molecule has 0 saturated carbocycles. The molecule has 0 unspecified atom stereocenters. The number of Topliss-reactive ketones (excluding diaryl/α,β-unsaturated/α-hetero) is 1. The summed E-state index contributed by atoms with van der Waals surface area (Å²) in [5, 5.41) is 0.458. The maximum absolute atomic E-state index is 11.9. The second-order valence-corrected chi connectivity index (χ2v) is 4.54. The zero-order valence-corrected chi connectivity index (χ0v) is 9.13.